The maximum absolute atomic E-state index is 13.2. The Bertz CT molecular complexity index is 1920. The van der Waals surface area contributed by atoms with Crippen molar-refractivity contribution < 1.29 is 19.5 Å². The lowest BCUT2D eigenvalue weighted by molar-refractivity contribution is -0.136. The van der Waals surface area contributed by atoms with E-state index in [0.717, 1.165) is 69.4 Å². The van der Waals surface area contributed by atoms with Gasteiger partial charge in [0.2, 0.25) is 11.8 Å². The van der Waals surface area contributed by atoms with Crippen molar-refractivity contribution in [3.8, 4) is 5.75 Å². The number of carbonyl (C=O) groups is 3. The maximum atomic E-state index is 13.2. The number of amides is 3. The monoisotopic (exact) mass is 743 g/mol. The smallest absolute Gasteiger partial charge is 0.255 e. The van der Waals surface area contributed by atoms with E-state index in [1.807, 2.05) is 18.2 Å². The summed E-state index contributed by atoms with van der Waals surface area (Å²) in [4.78, 5) is 46.6. The van der Waals surface area contributed by atoms with Crippen molar-refractivity contribution in [1.29, 1.82) is 0 Å². The van der Waals surface area contributed by atoms with Gasteiger partial charge in [-0.2, -0.15) is 0 Å². The molecule has 0 unspecified atom stereocenters. The molecule has 3 saturated heterocycles. The highest BCUT2D eigenvalue weighted by molar-refractivity contribution is 6.05. The molecule has 290 valence electrons. The molecule has 4 aliphatic heterocycles. The third-order valence-electron chi connectivity index (χ3n) is 14.5. The minimum Gasteiger partial charge on any atom is -0.508 e. The lowest BCUT2D eigenvalue weighted by atomic mass is 9.55. The van der Waals surface area contributed by atoms with Crippen molar-refractivity contribution in [3.05, 3.63) is 88.5 Å². The van der Waals surface area contributed by atoms with Crippen molar-refractivity contribution in [3.63, 3.8) is 0 Å². The molecule has 0 spiro atoms. The molecule has 6 aliphatic rings. The fourth-order valence-corrected chi connectivity index (χ4v) is 11.3. The molecule has 9 heteroatoms. The maximum Gasteiger partial charge on any atom is 0.255 e. The number of fused-ring (bicyclic) bond motifs is 2. The van der Waals surface area contributed by atoms with Gasteiger partial charge in [0.25, 0.3) is 5.91 Å². The number of piperazine rings is 1. The molecule has 3 aromatic carbocycles. The first kappa shape index (κ1) is 36.3. The second-order valence-corrected chi connectivity index (χ2v) is 17.7. The van der Waals surface area contributed by atoms with Gasteiger partial charge >= 0.3 is 0 Å². The number of phenolic OH excluding ortho intramolecular Hbond substituents is 1. The summed E-state index contributed by atoms with van der Waals surface area (Å²) in [5, 5.41) is 12.7. The number of rotatable bonds is 7. The third kappa shape index (κ3) is 7.02. The first-order valence-electron chi connectivity index (χ1n) is 21.1. The van der Waals surface area contributed by atoms with Crippen LogP contribution in [0, 0.1) is 17.3 Å². The van der Waals surface area contributed by atoms with E-state index in [9.17, 15) is 19.5 Å². The number of anilines is 2. The highest BCUT2D eigenvalue weighted by Gasteiger charge is 2.46. The Morgan fingerprint density at radius 2 is 1.47 bits per heavy atom. The number of phenols is 1. The summed E-state index contributed by atoms with van der Waals surface area (Å²) >= 11 is 0. The summed E-state index contributed by atoms with van der Waals surface area (Å²) in [6, 6.07) is 21.2. The van der Waals surface area contributed by atoms with Crippen molar-refractivity contribution in [2.75, 3.05) is 55.6 Å². The number of benzene rings is 3. The van der Waals surface area contributed by atoms with Crippen LogP contribution in [0.1, 0.15) is 110 Å². The molecule has 9 nitrogen and oxygen atoms in total. The Balaban J connectivity index is 0.783. The van der Waals surface area contributed by atoms with Crippen LogP contribution < -0.4 is 15.1 Å². The van der Waals surface area contributed by atoms with E-state index < -0.39 is 6.04 Å². The Kier molecular flexibility index (Phi) is 9.86. The van der Waals surface area contributed by atoms with Gasteiger partial charge in [0.05, 0.1) is 0 Å². The largest absolute Gasteiger partial charge is 0.508 e. The SMILES string of the molecule is C[C@@]1(C2CCCCC2)CCc2cc(O)ccc2[C@H]1c1ccc(N2CCC(CN3CCN(c4ccc5c(c4)CN([C@H]4CCC(=O)NC4=O)C5=O)CC3)CC2)cc1. The summed E-state index contributed by atoms with van der Waals surface area (Å²) < 4.78 is 0. The van der Waals surface area contributed by atoms with Crippen LogP contribution in [0.4, 0.5) is 11.4 Å². The molecular weight excluding hydrogens is 687 g/mol. The van der Waals surface area contributed by atoms with Crippen LogP contribution in [0.25, 0.3) is 0 Å². The first-order valence-corrected chi connectivity index (χ1v) is 21.1. The Labute approximate surface area is 326 Å². The molecular formula is C46H57N5O4. The van der Waals surface area contributed by atoms with Crippen LogP contribution >= 0.6 is 0 Å². The number of nitrogens with zero attached hydrogens (tertiary/aromatic N) is 4. The molecule has 2 N–H and O–H groups in total. The fourth-order valence-electron chi connectivity index (χ4n) is 11.3. The Morgan fingerprint density at radius 3 is 2.22 bits per heavy atom. The molecule has 3 aromatic rings. The number of aryl methyl sites for hydroxylation is 1. The van der Waals surface area contributed by atoms with Crippen molar-refractivity contribution in [1.82, 2.24) is 15.1 Å². The van der Waals surface area contributed by atoms with Gasteiger partial charge in [-0.1, -0.05) is 44.4 Å². The minimum absolute atomic E-state index is 0.116. The summed E-state index contributed by atoms with van der Waals surface area (Å²) in [5.74, 6) is 1.46. The van der Waals surface area contributed by atoms with Gasteiger partial charge in [-0.15, -0.1) is 0 Å². The van der Waals surface area contributed by atoms with Crippen LogP contribution in [0.15, 0.2) is 60.7 Å². The van der Waals surface area contributed by atoms with E-state index in [1.165, 1.54) is 73.7 Å². The molecule has 3 atom stereocenters. The lowest BCUT2D eigenvalue weighted by Crippen LogP contribution is -2.52. The molecule has 55 heavy (non-hydrogen) atoms. The highest BCUT2D eigenvalue weighted by atomic mass is 16.3. The molecule has 4 fully saturated rings. The standard InChI is InChI=1S/C46H57N5O4/c1-46(35-5-3-2-4-6-35)20-17-33-28-38(52)12-14-39(33)43(46)32-7-9-36(10-8-32)49-21-18-31(19-22-49)29-48-23-25-50(26-24-48)37-11-13-40-34(27-37)30-51(45(40)55)41-15-16-42(53)47-44(41)54/h7-14,27-28,31,35,41,43,52H,2-6,15-26,29-30H2,1H3,(H,47,53,54)/t41-,43+,46-/m0/s1. The zero-order chi connectivity index (χ0) is 37.7. The summed E-state index contributed by atoms with van der Waals surface area (Å²) in [5.41, 5.74) is 8.53. The number of hydrogen-bond donors (Lipinski definition) is 2. The molecule has 4 heterocycles. The minimum atomic E-state index is -0.581. The predicted molar refractivity (Wildman–Crippen MR) is 215 cm³/mol. The quantitative estimate of drug-likeness (QED) is 0.256. The van der Waals surface area contributed by atoms with E-state index >= 15 is 0 Å². The van der Waals surface area contributed by atoms with E-state index in [2.05, 4.69) is 69.4 Å². The summed E-state index contributed by atoms with van der Waals surface area (Å²) in [7, 11) is 0. The van der Waals surface area contributed by atoms with Crippen molar-refractivity contribution in [2.24, 2.45) is 17.3 Å². The van der Waals surface area contributed by atoms with E-state index in [4.69, 9.17) is 0 Å². The van der Waals surface area contributed by atoms with Crippen LogP contribution in [0.3, 0.4) is 0 Å². The fraction of sp³-hybridized carbons (Fsp3) is 0.543. The predicted octanol–water partition coefficient (Wildman–Crippen LogP) is 6.86. The molecule has 1 saturated carbocycles. The van der Waals surface area contributed by atoms with E-state index in [1.54, 1.807) is 4.90 Å². The molecule has 0 aromatic heterocycles. The van der Waals surface area contributed by atoms with E-state index in [0.29, 0.717) is 36.1 Å². The molecule has 0 radical (unpaired) electrons. The topological polar surface area (TPSA) is 96.4 Å². The van der Waals surface area contributed by atoms with Crippen LogP contribution in [0.2, 0.25) is 0 Å². The molecule has 9 rings (SSSR count). The molecule has 2 aliphatic carbocycles. The van der Waals surface area contributed by atoms with E-state index in [-0.39, 0.29) is 29.6 Å². The van der Waals surface area contributed by atoms with Crippen molar-refractivity contribution >= 4 is 29.1 Å². The number of hydrogen-bond acceptors (Lipinski definition) is 7. The van der Waals surface area contributed by atoms with Gasteiger partial charge in [0.15, 0.2) is 0 Å². The van der Waals surface area contributed by atoms with Gasteiger partial charge in [-0.05, 0) is 127 Å². The Hall–Kier alpha value is -4.37. The number of piperidine rings is 2. The third-order valence-corrected chi connectivity index (χ3v) is 14.5. The summed E-state index contributed by atoms with van der Waals surface area (Å²) in [6.07, 6.45) is 12.1. The van der Waals surface area contributed by atoms with Gasteiger partial charge in [-0.25, -0.2) is 0 Å². The number of aromatic hydroxyl groups is 1. The second kappa shape index (κ2) is 14.9. The molecule has 3 amide bonds. The van der Waals surface area contributed by atoms with Crippen LogP contribution in [-0.2, 0) is 22.6 Å². The molecule has 0 bridgehead atoms. The number of imide groups is 1. The average molecular weight is 744 g/mol. The van der Waals surface area contributed by atoms with Gasteiger partial charge in [-0.3, -0.25) is 24.6 Å². The summed E-state index contributed by atoms with van der Waals surface area (Å²) in [6.45, 7) is 10.3. The average Bonchev–Trinajstić information content (AvgIpc) is 3.53. The Morgan fingerprint density at radius 1 is 0.745 bits per heavy atom. The highest BCUT2D eigenvalue weighted by Crippen LogP contribution is 2.56. The van der Waals surface area contributed by atoms with Gasteiger partial charge < -0.3 is 19.8 Å². The van der Waals surface area contributed by atoms with Gasteiger partial charge in [0, 0.05) is 81.6 Å². The van der Waals surface area contributed by atoms with Gasteiger partial charge in [0.1, 0.15) is 11.8 Å². The second-order valence-electron chi connectivity index (χ2n) is 17.7. The lowest BCUT2D eigenvalue weighted by Gasteiger charge is -2.49. The van der Waals surface area contributed by atoms with Crippen LogP contribution in [-0.4, -0.2) is 84.5 Å². The number of nitrogens with one attached hydrogen (secondary N) is 1. The van der Waals surface area contributed by atoms with Crippen molar-refractivity contribution in [2.45, 2.75) is 96.1 Å². The zero-order valence-electron chi connectivity index (χ0n) is 32.5. The zero-order valence-corrected chi connectivity index (χ0v) is 32.5. The normalized spacial score (nSPS) is 26.9. The number of carbonyl (C=O) groups excluding carboxylic acids is 3. The van der Waals surface area contributed by atoms with Crippen LogP contribution in [0.5, 0.6) is 5.75 Å². The first-order chi connectivity index (χ1) is 26.7.